The van der Waals surface area contributed by atoms with Gasteiger partial charge in [0.15, 0.2) is 5.82 Å². The van der Waals surface area contributed by atoms with E-state index in [1.165, 1.54) is 10.4 Å². The molecule has 23 heavy (non-hydrogen) atoms. The van der Waals surface area contributed by atoms with Crippen molar-refractivity contribution in [2.45, 2.75) is 46.1 Å². The molecule has 0 aromatic carbocycles. The summed E-state index contributed by atoms with van der Waals surface area (Å²) in [5.41, 5.74) is 1.20. The number of hydrogen-bond acceptors (Lipinski definition) is 6. The maximum Gasteiger partial charge on any atom is 0.262 e. The molecule has 1 aliphatic carbocycles. The van der Waals surface area contributed by atoms with Crippen LogP contribution in [0.25, 0.3) is 10.2 Å². The first-order valence-corrected chi connectivity index (χ1v) is 8.74. The molecule has 0 radical (unpaired) electrons. The van der Waals surface area contributed by atoms with Crippen molar-refractivity contribution in [3.05, 3.63) is 38.8 Å². The van der Waals surface area contributed by atoms with Gasteiger partial charge in [-0.05, 0) is 30.7 Å². The van der Waals surface area contributed by atoms with Crippen molar-refractivity contribution in [2.24, 2.45) is 5.92 Å². The van der Waals surface area contributed by atoms with Gasteiger partial charge in [0.25, 0.3) is 5.56 Å². The zero-order valence-electron chi connectivity index (χ0n) is 13.2. The van der Waals surface area contributed by atoms with Crippen LogP contribution in [-0.2, 0) is 25.8 Å². The lowest BCUT2D eigenvalue weighted by Gasteiger charge is -2.02. The Morgan fingerprint density at radius 2 is 2.26 bits per heavy atom. The number of thiophene rings is 1. The van der Waals surface area contributed by atoms with Crippen LogP contribution < -0.4 is 5.56 Å². The molecule has 6 nitrogen and oxygen atoms in total. The van der Waals surface area contributed by atoms with Gasteiger partial charge in [-0.1, -0.05) is 19.0 Å². The molecule has 0 saturated carbocycles. The van der Waals surface area contributed by atoms with Crippen LogP contribution in [0.2, 0.25) is 0 Å². The van der Waals surface area contributed by atoms with E-state index in [1.807, 2.05) is 0 Å². The Bertz CT molecular complexity index is 922. The van der Waals surface area contributed by atoms with E-state index in [-0.39, 0.29) is 12.1 Å². The molecule has 0 amide bonds. The largest absolute Gasteiger partial charge is 0.337 e. The summed E-state index contributed by atoms with van der Waals surface area (Å²) in [4.78, 5) is 23.8. The second kappa shape index (κ2) is 5.56. The van der Waals surface area contributed by atoms with Crippen LogP contribution in [0.1, 0.15) is 42.4 Å². The molecule has 0 spiro atoms. The molecule has 3 heterocycles. The molecule has 120 valence electrons. The van der Waals surface area contributed by atoms with Crippen LogP contribution in [0.5, 0.6) is 0 Å². The summed E-state index contributed by atoms with van der Waals surface area (Å²) in [6.07, 6.45) is 5.54. The number of aromatic nitrogens is 4. The predicted octanol–water partition coefficient (Wildman–Crippen LogP) is 2.58. The number of aryl methyl sites for hydroxylation is 2. The quantitative estimate of drug-likeness (QED) is 0.735. The number of nitrogens with zero attached hydrogens (tertiary/aromatic N) is 4. The van der Waals surface area contributed by atoms with E-state index in [2.05, 4.69) is 29.0 Å². The SMILES string of the molecule is CC(C)Cc1noc(Cn2cnc3sc4c(c3c2=O)CCC4)n1. The molecule has 1 aliphatic rings. The molecule has 0 bridgehead atoms. The molecule has 4 rings (SSSR count). The van der Waals surface area contributed by atoms with Crippen molar-refractivity contribution in [2.75, 3.05) is 0 Å². The highest BCUT2D eigenvalue weighted by atomic mass is 32.1. The summed E-state index contributed by atoms with van der Waals surface area (Å²) >= 11 is 1.65. The maximum atomic E-state index is 12.8. The minimum absolute atomic E-state index is 0.00184. The van der Waals surface area contributed by atoms with E-state index < -0.39 is 0 Å². The third-order valence-corrected chi connectivity index (χ3v) is 5.30. The summed E-state index contributed by atoms with van der Waals surface area (Å²) in [6.45, 7) is 4.49. The second-order valence-corrected chi connectivity index (χ2v) is 7.50. The van der Waals surface area contributed by atoms with Crippen LogP contribution in [0.4, 0.5) is 0 Å². The van der Waals surface area contributed by atoms with Gasteiger partial charge >= 0.3 is 0 Å². The minimum atomic E-state index is -0.00184. The monoisotopic (exact) mass is 330 g/mol. The van der Waals surface area contributed by atoms with Crippen molar-refractivity contribution in [1.29, 1.82) is 0 Å². The summed E-state index contributed by atoms with van der Waals surface area (Å²) in [5, 5.41) is 4.76. The molecule has 3 aromatic rings. The van der Waals surface area contributed by atoms with Gasteiger partial charge in [0.2, 0.25) is 5.89 Å². The minimum Gasteiger partial charge on any atom is -0.337 e. The van der Waals surface area contributed by atoms with E-state index in [0.717, 1.165) is 35.9 Å². The summed E-state index contributed by atoms with van der Waals surface area (Å²) in [5.74, 6) is 1.61. The first-order chi connectivity index (χ1) is 11.1. The molecule has 0 fully saturated rings. The molecule has 0 atom stereocenters. The van der Waals surface area contributed by atoms with Crippen LogP contribution in [0.3, 0.4) is 0 Å². The standard InChI is InChI=1S/C16H18N4O2S/c1-9(2)6-12-18-13(22-19-12)7-20-8-17-15-14(16(20)21)10-4-3-5-11(10)23-15/h8-9H,3-7H2,1-2H3. The fourth-order valence-corrected chi connectivity index (χ4v) is 4.30. The third-order valence-electron chi connectivity index (χ3n) is 4.10. The molecule has 0 N–H and O–H groups in total. The van der Waals surface area contributed by atoms with E-state index >= 15 is 0 Å². The van der Waals surface area contributed by atoms with Crippen molar-refractivity contribution >= 4 is 21.6 Å². The van der Waals surface area contributed by atoms with Gasteiger partial charge in [0.1, 0.15) is 11.4 Å². The first kappa shape index (κ1) is 14.6. The molecule has 0 aliphatic heterocycles. The van der Waals surface area contributed by atoms with Gasteiger partial charge in [0, 0.05) is 11.3 Å². The highest BCUT2D eigenvalue weighted by molar-refractivity contribution is 7.18. The average molecular weight is 330 g/mol. The van der Waals surface area contributed by atoms with Gasteiger partial charge in [-0.15, -0.1) is 11.3 Å². The highest BCUT2D eigenvalue weighted by Gasteiger charge is 2.21. The van der Waals surface area contributed by atoms with Gasteiger partial charge in [-0.2, -0.15) is 4.98 Å². The van der Waals surface area contributed by atoms with Crippen LogP contribution in [0, 0.1) is 5.92 Å². The summed E-state index contributed by atoms with van der Waals surface area (Å²) in [7, 11) is 0. The maximum absolute atomic E-state index is 12.8. The molecule has 3 aromatic heterocycles. The van der Waals surface area contributed by atoms with Crippen molar-refractivity contribution < 1.29 is 4.52 Å². The van der Waals surface area contributed by atoms with E-state index in [0.29, 0.717) is 17.6 Å². The van der Waals surface area contributed by atoms with Gasteiger partial charge in [-0.3, -0.25) is 9.36 Å². The van der Waals surface area contributed by atoms with E-state index in [1.54, 1.807) is 22.2 Å². The normalized spacial score (nSPS) is 14.0. The summed E-state index contributed by atoms with van der Waals surface area (Å²) < 4.78 is 6.83. The Kier molecular flexibility index (Phi) is 3.52. The molecular formula is C16H18N4O2S. The third kappa shape index (κ3) is 2.59. The Balaban J connectivity index is 1.68. The van der Waals surface area contributed by atoms with Crippen LogP contribution >= 0.6 is 11.3 Å². The Morgan fingerprint density at radius 3 is 3.09 bits per heavy atom. The fourth-order valence-electron chi connectivity index (χ4n) is 3.08. The van der Waals surface area contributed by atoms with Gasteiger partial charge < -0.3 is 4.52 Å². The zero-order valence-corrected chi connectivity index (χ0v) is 14.0. The number of fused-ring (bicyclic) bond motifs is 3. The highest BCUT2D eigenvalue weighted by Crippen LogP contribution is 2.34. The molecule has 7 heteroatoms. The Morgan fingerprint density at radius 1 is 1.39 bits per heavy atom. The van der Waals surface area contributed by atoms with Crippen LogP contribution in [0.15, 0.2) is 15.6 Å². The van der Waals surface area contributed by atoms with Crippen LogP contribution in [-0.4, -0.2) is 19.7 Å². The molecular weight excluding hydrogens is 312 g/mol. The van der Waals surface area contributed by atoms with Crippen molar-refractivity contribution in [3.63, 3.8) is 0 Å². The first-order valence-electron chi connectivity index (χ1n) is 7.93. The lowest BCUT2D eigenvalue weighted by Crippen LogP contribution is -2.21. The predicted molar refractivity (Wildman–Crippen MR) is 87.8 cm³/mol. The Hall–Kier alpha value is -2.02. The number of hydrogen-bond donors (Lipinski definition) is 0. The van der Waals surface area contributed by atoms with E-state index in [9.17, 15) is 4.79 Å². The van der Waals surface area contributed by atoms with E-state index in [4.69, 9.17) is 4.52 Å². The van der Waals surface area contributed by atoms with Crippen molar-refractivity contribution in [3.8, 4) is 0 Å². The van der Waals surface area contributed by atoms with Gasteiger partial charge in [0.05, 0.1) is 11.7 Å². The molecule has 0 saturated heterocycles. The lowest BCUT2D eigenvalue weighted by molar-refractivity contribution is 0.362. The number of rotatable bonds is 4. The smallest absolute Gasteiger partial charge is 0.262 e. The second-order valence-electron chi connectivity index (χ2n) is 6.42. The van der Waals surface area contributed by atoms with Crippen molar-refractivity contribution in [1.82, 2.24) is 19.7 Å². The van der Waals surface area contributed by atoms with Gasteiger partial charge in [-0.25, -0.2) is 4.98 Å². The average Bonchev–Trinajstić information content (AvgIpc) is 3.17. The fraction of sp³-hybridized carbons (Fsp3) is 0.500. The molecule has 0 unspecified atom stereocenters. The summed E-state index contributed by atoms with van der Waals surface area (Å²) in [6, 6.07) is 0. The zero-order chi connectivity index (χ0) is 16.0. The Labute approximate surface area is 137 Å². The lowest BCUT2D eigenvalue weighted by atomic mass is 10.1. The topological polar surface area (TPSA) is 73.8 Å².